The van der Waals surface area contributed by atoms with Crippen LogP contribution in [0, 0.1) is 0 Å². The van der Waals surface area contributed by atoms with Crippen molar-refractivity contribution in [1.82, 2.24) is 0 Å². The summed E-state index contributed by atoms with van der Waals surface area (Å²) in [6, 6.07) is 0. The van der Waals surface area contributed by atoms with Crippen molar-refractivity contribution in [2.75, 3.05) is 13.7 Å². The van der Waals surface area contributed by atoms with E-state index in [9.17, 15) is 4.79 Å². The third kappa shape index (κ3) is 4.80. The van der Waals surface area contributed by atoms with Crippen LogP contribution in [0.4, 0.5) is 0 Å². The molecule has 0 aromatic carbocycles. The molecule has 0 aromatic heterocycles. The van der Waals surface area contributed by atoms with Crippen LogP contribution < -0.4 is 0 Å². The molecule has 4 nitrogen and oxygen atoms in total. The summed E-state index contributed by atoms with van der Waals surface area (Å²) in [5, 5.41) is 3.07. The van der Waals surface area contributed by atoms with Crippen molar-refractivity contribution in [3.8, 4) is 0 Å². The topological polar surface area (TPSA) is 47.9 Å². The molecule has 0 aliphatic heterocycles. The molecule has 0 bridgehead atoms. The molecule has 0 spiro atoms. The lowest BCUT2D eigenvalue weighted by molar-refractivity contribution is -0.134. The summed E-state index contributed by atoms with van der Waals surface area (Å²) < 4.78 is 4.42. The zero-order chi connectivity index (χ0) is 7.11. The molecule has 51 valence electrons. The summed E-state index contributed by atoms with van der Waals surface area (Å²) in [4.78, 5) is 14.5. The molecule has 1 radical (unpaired) electrons. The van der Waals surface area contributed by atoms with E-state index >= 15 is 0 Å². The first-order valence-electron chi connectivity index (χ1n) is 2.47. The summed E-state index contributed by atoms with van der Waals surface area (Å²) in [6.45, 7) is 2.03. The van der Waals surface area contributed by atoms with Gasteiger partial charge in [-0.3, -0.25) is 0 Å². The molecule has 0 saturated heterocycles. The molecule has 0 N–H and O–H groups in total. The van der Waals surface area contributed by atoms with Crippen molar-refractivity contribution in [3.05, 3.63) is 0 Å². The van der Waals surface area contributed by atoms with Crippen molar-refractivity contribution < 1.29 is 14.4 Å². The number of esters is 1. The van der Waals surface area contributed by atoms with Gasteiger partial charge in [-0.1, -0.05) is 5.16 Å². The van der Waals surface area contributed by atoms with E-state index in [-0.39, 0.29) is 0 Å². The lowest BCUT2D eigenvalue weighted by Gasteiger charge is -1.90. The molecule has 0 aliphatic carbocycles. The fraction of sp³-hybridized carbons (Fsp3) is 0.600. The van der Waals surface area contributed by atoms with E-state index in [0.717, 1.165) is 0 Å². The average Bonchev–Trinajstić information content (AvgIpc) is 1.85. The smallest absolute Gasteiger partial charge is 0.363 e. The molecule has 4 heteroatoms. The first-order chi connectivity index (χ1) is 4.31. The first kappa shape index (κ1) is 7.94. The third-order valence-corrected chi connectivity index (χ3v) is 0.504. The van der Waals surface area contributed by atoms with E-state index in [1.165, 1.54) is 7.11 Å². The molecular weight excluding hydrogens is 122 g/mol. The Bertz CT molecular complexity index is 111. The summed E-state index contributed by atoms with van der Waals surface area (Å²) in [5.74, 6) is -0.612. The maximum atomic E-state index is 10.3. The van der Waals surface area contributed by atoms with Crippen LogP contribution in [0.15, 0.2) is 5.16 Å². The molecule has 0 amide bonds. The second kappa shape index (κ2) is 5.08. The molecule has 9 heavy (non-hydrogen) atoms. The monoisotopic (exact) mass is 130 g/mol. The number of rotatable bonds is 3. The van der Waals surface area contributed by atoms with Crippen molar-refractivity contribution >= 4 is 12.2 Å². The van der Waals surface area contributed by atoms with Gasteiger partial charge >= 0.3 is 5.97 Å². The van der Waals surface area contributed by atoms with E-state index in [4.69, 9.17) is 0 Å². The predicted octanol–water partition coefficient (Wildman–Crippen LogP) is 0.0587. The quantitative estimate of drug-likeness (QED) is 0.308. The molecule has 0 unspecified atom stereocenters. The van der Waals surface area contributed by atoms with E-state index in [0.29, 0.717) is 6.61 Å². The Balaban J connectivity index is 3.37. The molecule has 0 heterocycles. The van der Waals surface area contributed by atoms with Crippen LogP contribution in [0.1, 0.15) is 6.92 Å². The van der Waals surface area contributed by atoms with Crippen LogP contribution in [-0.4, -0.2) is 25.9 Å². The Hall–Kier alpha value is -1.06. The minimum Gasteiger partial charge on any atom is -0.461 e. The van der Waals surface area contributed by atoms with Crippen LogP contribution >= 0.6 is 0 Å². The van der Waals surface area contributed by atoms with Crippen LogP contribution in [0.25, 0.3) is 0 Å². The highest BCUT2D eigenvalue weighted by Gasteiger charge is 1.94. The first-order valence-corrected chi connectivity index (χ1v) is 2.47. The summed E-state index contributed by atoms with van der Waals surface area (Å²) in [7, 11) is 1.33. The van der Waals surface area contributed by atoms with Crippen LogP contribution in [-0.2, 0) is 14.4 Å². The largest absolute Gasteiger partial charge is 0.461 e. The van der Waals surface area contributed by atoms with Crippen LogP contribution in [0.5, 0.6) is 0 Å². The van der Waals surface area contributed by atoms with Gasteiger partial charge in [0.05, 0.1) is 6.61 Å². The second-order valence-electron chi connectivity index (χ2n) is 1.11. The number of nitrogens with zero attached hydrogens (tertiary/aromatic N) is 1. The van der Waals surface area contributed by atoms with Gasteiger partial charge in [-0.2, -0.15) is 0 Å². The number of ether oxygens (including phenoxy) is 1. The average molecular weight is 130 g/mol. The van der Waals surface area contributed by atoms with Crippen LogP contribution in [0.2, 0.25) is 0 Å². The van der Waals surface area contributed by atoms with Crippen molar-refractivity contribution in [3.63, 3.8) is 0 Å². The minimum atomic E-state index is -0.612. The van der Waals surface area contributed by atoms with Crippen molar-refractivity contribution in [2.24, 2.45) is 5.16 Å². The molecule has 0 aromatic rings. The highest BCUT2D eigenvalue weighted by Crippen LogP contribution is 1.73. The van der Waals surface area contributed by atoms with E-state index in [1.807, 2.05) is 6.21 Å². The summed E-state index contributed by atoms with van der Waals surface area (Å²) >= 11 is 0. The van der Waals surface area contributed by atoms with Gasteiger partial charge in [0.2, 0.25) is 6.21 Å². The number of hydrogen-bond donors (Lipinski definition) is 0. The van der Waals surface area contributed by atoms with Gasteiger partial charge in [0.1, 0.15) is 7.11 Å². The third-order valence-electron chi connectivity index (χ3n) is 0.504. The zero-order valence-corrected chi connectivity index (χ0v) is 5.38. The summed E-state index contributed by atoms with van der Waals surface area (Å²) in [5.41, 5.74) is 0. The van der Waals surface area contributed by atoms with Gasteiger partial charge in [-0.15, -0.1) is 0 Å². The Kier molecular flexibility index (Phi) is 4.49. The Morgan fingerprint density at radius 3 is 2.89 bits per heavy atom. The van der Waals surface area contributed by atoms with Crippen molar-refractivity contribution in [2.45, 2.75) is 6.92 Å². The molecule has 0 saturated carbocycles. The Morgan fingerprint density at radius 1 is 1.78 bits per heavy atom. The van der Waals surface area contributed by atoms with Gasteiger partial charge in [0.15, 0.2) is 0 Å². The lowest BCUT2D eigenvalue weighted by atomic mass is 10.7. The molecular formula is C5H8NO3. The van der Waals surface area contributed by atoms with Gasteiger partial charge in [-0.05, 0) is 6.92 Å². The van der Waals surface area contributed by atoms with Gasteiger partial charge < -0.3 is 9.57 Å². The van der Waals surface area contributed by atoms with Gasteiger partial charge in [0.25, 0.3) is 0 Å². The molecule has 0 rings (SSSR count). The molecule has 0 aliphatic rings. The zero-order valence-electron chi connectivity index (χ0n) is 5.38. The number of carbonyl (C=O) groups excluding carboxylic acids is 1. The summed E-state index contributed by atoms with van der Waals surface area (Å²) in [6.07, 6.45) is 1.97. The van der Waals surface area contributed by atoms with Gasteiger partial charge in [0, 0.05) is 0 Å². The Morgan fingerprint density at radius 2 is 2.44 bits per heavy atom. The van der Waals surface area contributed by atoms with E-state index in [2.05, 4.69) is 14.7 Å². The number of hydrogen-bond acceptors (Lipinski definition) is 4. The number of carbonyl (C=O) groups is 1. The molecule has 0 fully saturated rings. The normalized spacial score (nSPS) is 9.56. The van der Waals surface area contributed by atoms with E-state index < -0.39 is 5.97 Å². The standard InChI is InChI=1S/C5H8NO3/c1-3-9-5(7)4-6-8-2/h3H2,1-2H3. The van der Waals surface area contributed by atoms with Crippen molar-refractivity contribution in [1.29, 1.82) is 0 Å². The molecule has 0 atom stereocenters. The van der Waals surface area contributed by atoms with E-state index in [1.54, 1.807) is 6.92 Å². The predicted molar refractivity (Wildman–Crippen MR) is 31.1 cm³/mol. The SMILES string of the molecule is CCOC(=O)[C]=NOC. The maximum absolute atomic E-state index is 10.3. The van der Waals surface area contributed by atoms with Gasteiger partial charge in [-0.25, -0.2) is 4.79 Å². The highest BCUT2D eigenvalue weighted by molar-refractivity contribution is 6.22. The Labute approximate surface area is 53.4 Å². The highest BCUT2D eigenvalue weighted by atomic mass is 16.6. The maximum Gasteiger partial charge on any atom is 0.363 e. The lowest BCUT2D eigenvalue weighted by Crippen LogP contribution is -2.04. The fourth-order valence-electron chi connectivity index (χ4n) is 0.246. The fourth-order valence-corrected chi connectivity index (χ4v) is 0.246. The second-order valence-corrected chi connectivity index (χ2v) is 1.11. The van der Waals surface area contributed by atoms with Crippen LogP contribution in [0.3, 0.4) is 0 Å². The minimum absolute atomic E-state index is 0.324.